The Morgan fingerprint density at radius 1 is 1.33 bits per heavy atom. The topological polar surface area (TPSA) is 40.5 Å². The fourth-order valence-corrected chi connectivity index (χ4v) is 2.82. The van der Waals surface area contributed by atoms with Gasteiger partial charge in [-0.3, -0.25) is 9.69 Å². The van der Waals surface area contributed by atoms with Crippen LogP contribution in [-0.2, 0) is 17.8 Å². The third-order valence-corrected chi connectivity index (χ3v) is 3.90. The number of likely N-dealkylation sites (tertiary alicyclic amines) is 1. The summed E-state index contributed by atoms with van der Waals surface area (Å²) in [5.74, 6) is -0.621. The van der Waals surface area contributed by atoms with Crippen LogP contribution < -0.4 is 0 Å². The van der Waals surface area contributed by atoms with E-state index in [-0.39, 0.29) is 11.8 Å². The van der Waals surface area contributed by atoms with Crippen LogP contribution in [0.3, 0.4) is 0 Å². The molecular formula is C15H21NO2. The second kappa shape index (κ2) is 5.53. The third-order valence-electron chi connectivity index (χ3n) is 3.90. The highest BCUT2D eigenvalue weighted by Gasteiger charge is 2.34. The van der Waals surface area contributed by atoms with Crippen LogP contribution in [0.4, 0.5) is 0 Å². The van der Waals surface area contributed by atoms with E-state index in [0.29, 0.717) is 6.54 Å². The van der Waals surface area contributed by atoms with Gasteiger partial charge in [0.15, 0.2) is 0 Å². The van der Waals surface area contributed by atoms with Gasteiger partial charge in [0.2, 0.25) is 0 Å². The van der Waals surface area contributed by atoms with Crippen LogP contribution >= 0.6 is 0 Å². The molecule has 0 spiro atoms. The lowest BCUT2D eigenvalue weighted by Crippen LogP contribution is -2.23. The minimum absolute atomic E-state index is 0.209. The van der Waals surface area contributed by atoms with Crippen molar-refractivity contribution < 1.29 is 9.90 Å². The molecule has 0 aliphatic carbocycles. The molecule has 2 unspecified atom stereocenters. The zero-order chi connectivity index (χ0) is 13.1. The van der Waals surface area contributed by atoms with Gasteiger partial charge in [0.25, 0.3) is 0 Å². The molecule has 0 bridgehead atoms. The molecule has 1 aliphatic rings. The van der Waals surface area contributed by atoms with Crippen LogP contribution in [0.15, 0.2) is 24.3 Å². The summed E-state index contributed by atoms with van der Waals surface area (Å²) in [7, 11) is 0. The zero-order valence-electron chi connectivity index (χ0n) is 11.1. The molecule has 2 atom stereocenters. The molecule has 2 rings (SSSR count). The number of carbonyl (C=O) groups is 1. The summed E-state index contributed by atoms with van der Waals surface area (Å²) >= 11 is 0. The number of rotatable bonds is 4. The van der Waals surface area contributed by atoms with Crippen molar-refractivity contribution in [2.45, 2.75) is 26.8 Å². The molecule has 1 N–H and O–H groups in total. The van der Waals surface area contributed by atoms with Crippen molar-refractivity contribution in [1.29, 1.82) is 0 Å². The van der Waals surface area contributed by atoms with Crippen molar-refractivity contribution in [3.05, 3.63) is 35.4 Å². The number of carboxylic acids is 1. The number of aryl methyl sites for hydroxylation is 1. The molecule has 3 heteroatoms. The maximum absolute atomic E-state index is 11.1. The summed E-state index contributed by atoms with van der Waals surface area (Å²) in [6.07, 6.45) is 1.03. The summed E-state index contributed by atoms with van der Waals surface area (Å²) in [6.45, 7) is 6.62. The third kappa shape index (κ3) is 2.72. The first-order valence-electron chi connectivity index (χ1n) is 6.63. The molecule has 1 heterocycles. The lowest BCUT2D eigenvalue weighted by atomic mass is 9.99. The lowest BCUT2D eigenvalue weighted by molar-refractivity contribution is -0.142. The van der Waals surface area contributed by atoms with Gasteiger partial charge in [-0.2, -0.15) is 0 Å². The van der Waals surface area contributed by atoms with Crippen molar-refractivity contribution in [2.24, 2.45) is 11.8 Å². The van der Waals surface area contributed by atoms with Gasteiger partial charge < -0.3 is 5.11 Å². The van der Waals surface area contributed by atoms with Crippen LogP contribution in [0.1, 0.15) is 25.0 Å². The Labute approximate surface area is 108 Å². The number of nitrogens with zero attached hydrogens (tertiary/aromatic N) is 1. The molecule has 0 aromatic heterocycles. The van der Waals surface area contributed by atoms with Crippen molar-refractivity contribution in [2.75, 3.05) is 13.1 Å². The average Bonchev–Trinajstić information content (AvgIpc) is 2.71. The van der Waals surface area contributed by atoms with Crippen LogP contribution in [0.2, 0.25) is 0 Å². The van der Waals surface area contributed by atoms with Crippen molar-refractivity contribution in [3.8, 4) is 0 Å². The zero-order valence-corrected chi connectivity index (χ0v) is 11.1. The molecule has 0 saturated carbocycles. The fourth-order valence-electron chi connectivity index (χ4n) is 2.82. The lowest BCUT2D eigenvalue weighted by Gasteiger charge is -2.17. The number of hydrogen-bond acceptors (Lipinski definition) is 2. The Kier molecular flexibility index (Phi) is 4.02. The van der Waals surface area contributed by atoms with Crippen molar-refractivity contribution >= 4 is 5.97 Å². The van der Waals surface area contributed by atoms with Gasteiger partial charge in [-0.05, 0) is 23.5 Å². The van der Waals surface area contributed by atoms with E-state index < -0.39 is 5.97 Å². The SMILES string of the molecule is CCc1ccccc1CN1CC(C)C(C(=O)O)C1. The first kappa shape index (κ1) is 13.1. The second-order valence-electron chi connectivity index (χ2n) is 5.24. The second-order valence-corrected chi connectivity index (χ2v) is 5.24. The standard InChI is InChI=1S/C15H21NO2/c1-3-12-6-4-5-7-13(12)9-16-8-11(2)14(10-16)15(17)18/h4-7,11,14H,3,8-10H2,1-2H3,(H,17,18). The number of aliphatic carboxylic acids is 1. The monoisotopic (exact) mass is 247 g/mol. The molecule has 1 aliphatic heterocycles. The van der Waals surface area contributed by atoms with Gasteiger partial charge in [0.1, 0.15) is 0 Å². The fraction of sp³-hybridized carbons (Fsp3) is 0.533. The smallest absolute Gasteiger partial charge is 0.308 e. The van der Waals surface area contributed by atoms with Gasteiger partial charge in [-0.1, -0.05) is 38.1 Å². The largest absolute Gasteiger partial charge is 0.481 e. The van der Waals surface area contributed by atoms with Crippen molar-refractivity contribution in [3.63, 3.8) is 0 Å². The summed E-state index contributed by atoms with van der Waals surface area (Å²) < 4.78 is 0. The average molecular weight is 247 g/mol. The van der Waals surface area contributed by atoms with E-state index >= 15 is 0 Å². The molecule has 0 amide bonds. The first-order valence-corrected chi connectivity index (χ1v) is 6.63. The molecule has 1 saturated heterocycles. The van der Waals surface area contributed by atoms with Crippen LogP contribution in [0.25, 0.3) is 0 Å². The highest BCUT2D eigenvalue weighted by molar-refractivity contribution is 5.71. The summed E-state index contributed by atoms with van der Waals surface area (Å²) in [6, 6.07) is 8.43. The minimum Gasteiger partial charge on any atom is -0.481 e. The predicted molar refractivity (Wildman–Crippen MR) is 71.4 cm³/mol. The van der Waals surface area contributed by atoms with Crippen LogP contribution in [0, 0.1) is 11.8 Å². The summed E-state index contributed by atoms with van der Waals surface area (Å²) in [4.78, 5) is 13.4. The Bertz CT molecular complexity index is 430. The number of hydrogen-bond donors (Lipinski definition) is 1. The van der Waals surface area contributed by atoms with E-state index in [0.717, 1.165) is 19.5 Å². The summed E-state index contributed by atoms with van der Waals surface area (Å²) in [5.41, 5.74) is 2.70. The Morgan fingerprint density at radius 3 is 2.56 bits per heavy atom. The predicted octanol–water partition coefficient (Wildman–Crippen LogP) is 2.40. The summed E-state index contributed by atoms with van der Waals surface area (Å²) in [5, 5.41) is 9.14. The molecule has 1 aromatic rings. The van der Waals surface area contributed by atoms with Gasteiger partial charge in [-0.25, -0.2) is 0 Å². The highest BCUT2D eigenvalue weighted by Crippen LogP contribution is 2.25. The molecule has 0 radical (unpaired) electrons. The van der Waals surface area contributed by atoms with E-state index in [1.165, 1.54) is 11.1 Å². The maximum atomic E-state index is 11.1. The molecule has 18 heavy (non-hydrogen) atoms. The van der Waals surface area contributed by atoms with E-state index in [1.807, 2.05) is 6.92 Å². The normalized spacial score (nSPS) is 24.3. The van der Waals surface area contributed by atoms with Gasteiger partial charge >= 0.3 is 5.97 Å². The number of carboxylic acid groups (broad SMARTS) is 1. The quantitative estimate of drug-likeness (QED) is 0.888. The highest BCUT2D eigenvalue weighted by atomic mass is 16.4. The van der Waals surface area contributed by atoms with Crippen molar-refractivity contribution in [1.82, 2.24) is 4.90 Å². The molecule has 98 valence electrons. The Hall–Kier alpha value is -1.35. The molecule has 1 aromatic carbocycles. The van der Waals surface area contributed by atoms with E-state index in [9.17, 15) is 4.79 Å². The molecule has 3 nitrogen and oxygen atoms in total. The number of benzene rings is 1. The van der Waals surface area contributed by atoms with Crippen LogP contribution in [-0.4, -0.2) is 29.1 Å². The van der Waals surface area contributed by atoms with Gasteiger partial charge in [-0.15, -0.1) is 0 Å². The van der Waals surface area contributed by atoms with E-state index in [4.69, 9.17) is 5.11 Å². The molecule has 1 fully saturated rings. The van der Waals surface area contributed by atoms with Crippen LogP contribution in [0.5, 0.6) is 0 Å². The minimum atomic E-state index is -0.659. The van der Waals surface area contributed by atoms with Gasteiger partial charge in [0, 0.05) is 19.6 Å². The Morgan fingerprint density at radius 2 is 2.00 bits per heavy atom. The van der Waals surface area contributed by atoms with E-state index in [2.05, 4.69) is 36.1 Å². The first-order chi connectivity index (χ1) is 8.61. The maximum Gasteiger partial charge on any atom is 0.308 e. The molecular weight excluding hydrogens is 226 g/mol. The van der Waals surface area contributed by atoms with Gasteiger partial charge in [0.05, 0.1) is 5.92 Å². The van der Waals surface area contributed by atoms with E-state index in [1.54, 1.807) is 0 Å². The Balaban J connectivity index is 2.05.